The number of nitrogens with zero attached hydrogens (tertiary/aromatic N) is 7. The van der Waals surface area contributed by atoms with Crippen molar-refractivity contribution in [3.8, 4) is 6.07 Å². The number of rotatable bonds is 4. The summed E-state index contributed by atoms with van der Waals surface area (Å²) in [4.78, 5) is 18.1. The molecule has 0 aromatic carbocycles. The van der Waals surface area contributed by atoms with Crippen molar-refractivity contribution >= 4 is 16.9 Å². The molecular weight excluding hydrogens is 362 g/mol. The van der Waals surface area contributed by atoms with E-state index in [0.29, 0.717) is 0 Å². The molecule has 7 heteroatoms. The van der Waals surface area contributed by atoms with Gasteiger partial charge in [0, 0.05) is 57.4 Å². The summed E-state index contributed by atoms with van der Waals surface area (Å²) < 4.78 is 2.31. The molecule has 3 aromatic rings. The largest absolute Gasteiger partial charge is 0.352 e. The predicted molar refractivity (Wildman–Crippen MR) is 112 cm³/mol. The molecule has 0 spiro atoms. The van der Waals surface area contributed by atoms with Crippen LogP contribution >= 0.6 is 0 Å². The van der Waals surface area contributed by atoms with Crippen LogP contribution in [0.2, 0.25) is 0 Å². The van der Waals surface area contributed by atoms with Crippen LogP contribution in [0.5, 0.6) is 0 Å². The molecule has 0 bridgehead atoms. The van der Waals surface area contributed by atoms with Gasteiger partial charge in [-0.3, -0.25) is 9.88 Å². The molecule has 0 aliphatic carbocycles. The first kappa shape index (κ1) is 18.1. The molecule has 5 rings (SSSR count). The maximum Gasteiger partial charge on any atom is 0.156 e. The molecule has 0 unspecified atom stereocenters. The molecule has 5 heterocycles. The number of fused-ring (bicyclic) bond motifs is 3. The van der Waals surface area contributed by atoms with Gasteiger partial charge in [0.15, 0.2) is 5.82 Å². The summed E-state index contributed by atoms with van der Waals surface area (Å²) in [7, 11) is 0. The number of anilines is 1. The highest BCUT2D eigenvalue weighted by molar-refractivity contribution is 5.92. The minimum atomic E-state index is 0.749. The summed E-state index contributed by atoms with van der Waals surface area (Å²) in [5, 5.41) is 9.72. The monoisotopic (exact) mass is 387 g/mol. The second-order valence-electron chi connectivity index (χ2n) is 7.87. The average molecular weight is 387 g/mol. The Bertz CT molecular complexity index is 1040. The van der Waals surface area contributed by atoms with Gasteiger partial charge >= 0.3 is 0 Å². The molecule has 0 amide bonds. The fourth-order valence-corrected chi connectivity index (χ4v) is 4.65. The molecule has 0 radical (unpaired) electrons. The van der Waals surface area contributed by atoms with E-state index >= 15 is 0 Å². The smallest absolute Gasteiger partial charge is 0.156 e. The van der Waals surface area contributed by atoms with Crippen LogP contribution in [0.15, 0.2) is 30.9 Å². The van der Waals surface area contributed by atoms with Crippen LogP contribution in [0.3, 0.4) is 0 Å². The topological polar surface area (TPSA) is 73.9 Å². The molecule has 0 atom stereocenters. The highest BCUT2D eigenvalue weighted by Crippen LogP contribution is 2.33. The number of pyridine rings is 1. The van der Waals surface area contributed by atoms with Crippen LogP contribution in [0.25, 0.3) is 11.0 Å². The fraction of sp³-hybridized carbons (Fsp3) is 0.455. The van der Waals surface area contributed by atoms with Crippen molar-refractivity contribution in [1.82, 2.24) is 24.4 Å². The van der Waals surface area contributed by atoms with Crippen molar-refractivity contribution in [2.24, 2.45) is 0 Å². The molecule has 148 valence electrons. The van der Waals surface area contributed by atoms with Crippen molar-refractivity contribution in [2.75, 3.05) is 37.6 Å². The van der Waals surface area contributed by atoms with Crippen molar-refractivity contribution in [3.05, 3.63) is 47.7 Å². The molecule has 0 saturated carbocycles. The van der Waals surface area contributed by atoms with Gasteiger partial charge in [-0.2, -0.15) is 5.26 Å². The van der Waals surface area contributed by atoms with Gasteiger partial charge in [-0.1, -0.05) is 0 Å². The number of hydrogen-bond donors (Lipinski definition) is 0. The lowest BCUT2D eigenvalue weighted by molar-refractivity contribution is 0.260. The van der Waals surface area contributed by atoms with E-state index in [4.69, 9.17) is 0 Å². The summed E-state index contributed by atoms with van der Waals surface area (Å²) in [6, 6.07) is 6.59. The second kappa shape index (κ2) is 7.80. The lowest BCUT2D eigenvalue weighted by Gasteiger charge is -2.35. The molecular formula is C22H25N7. The second-order valence-corrected chi connectivity index (χ2v) is 7.87. The first-order valence-corrected chi connectivity index (χ1v) is 10.5. The number of hydrogen-bond acceptors (Lipinski definition) is 6. The van der Waals surface area contributed by atoms with Crippen molar-refractivity contribution in [3.63, 3.8) is 0 Å². The van der Waals surface area contributed by atoms with E-state index in [-0.39, 0.29) is 0 Å². The SMILES string of the molecule is N#Cc1c2n(c3c(N4CCN(CCc5ccncc5)CC4)ncnc13)CCCC2. The van der Waals surface area contributed by atoms with Crippen molar-refractivity contribution < 1.29 is 0 Å². The number of aromatic nitrogens is 4. The third-order valence-electron chi connectivity index (χ3n) is 6.22. The Morgan fingerprint density at radius 2 is 1.83 bits per heavy atom. The highest BCUT2D eigenvalue weighted by atomic mass is 15.3. The average Bonchev–Trinajstić information content (AvgIpc) is 3.12. The summed E-state index contributed by atoms with van der Waals surface area (Å²) in [6.07, 6.45) is 9.66. The lowest BCUT2D eigenvalue weighted by Crippen LogP contribution is -2.47. The Morgan fingerprint density at radius 3 is 2.62 bits per heavy atom. The number of piperazine rings is 1. The molecule has 1 saturated heterocycles. The van der Waals surface area contributed by atoms with Gasteiger partial charge in [0.05, 0.1) is 5.56 Å². The minimum absolute atomic E-state index is 0.749. The Morgan fingerprint density at radius 1 is 1.00 bits per heavy atom. The number of nitriles is 1. The minimum Gasteiger partial charge on any atom is -0.352 e. The van der Waals surface area contributed by atoms with Gasteiger partial charge in [-0.05, 0) is 43.4 Å². The van der Waals surface area contributed by atoms with Crippen LogP contribution in [0.4, 0.5) is 5.82 Å². The third-order valence-corrected chi connectivity index (χ3v) is 6.22. The predicted octanol–water partition coefficient (Wildman–Crippen LogP) is 2.40. The molecule has 29 heavy (non-hydrogen) atoms. The molecule has 3 aromatic heterocycles. The standard InChI is InChI=1S/C22H25N7/c23-15-18-19-3-1-2-9-29(19)21-20(18)25-16-26-22(21)28-13-11-27(12-14-28)10-6-17-4-7-24-8-5-17/h4-5,7-8,16H,1-3,6,9-14H2. The van der Waals surface area contributed by atoms with E-state index in [1.807, 2.05) is 12.4 Å². The Labute approximate surface area is 170 Å². The van der Waals surface area contributed by atoms with E-state index in [1.54, 1.807) is 6.33 Å². The van der Waals surface area contributed by atoms with Gasteiger partial charge in [0.2, 0.25) is 0 Å². The zero-order valence-corrected chi connectivity index (χ0v) is 16.6. The summed E-state index contributed by atoms with van der Waals surface area (Å²) in [5.41, 5.74) is 5.12. The fourth-order valence-electron chi connectivity index (χ4n) is 4.65. The van der Waals surface area contributed by atoms with Gasteiger partial charge in [-0.15, -0.1) is 0 Å². The quantitative estimate of drug-likeness (QED) is 0.684. The Hall–Kier alpha value is -2.98. The normalized spacial score (nSPS) is 17.3. The van der Waals surface area contributed by atoms with Crippen molar-refractivity contribution in [1.29, 1.82) is 5.26 Å². The highest BCUT2D eigenvalue weighted by Gasteiger charge is 2.27. The Kier molecular flexibility index (Phi) is 4.86. The molecule has 1 fully saturated rings. The van der Waals surface area contributed by atoms with Crippen molar-refractivity contribution in [2.45, 2.75) is 32.2 Å². The molecule has 0 N–H and O–H groups in total. The van der Waals surface area contributed by atoms with E-state index in [0.717, 1.165) is 93.1 Å². The third kappa shape index (κ3) is 3.34. The molecule has 2 aliphatic heterocycles. The van der Waals surface area contributed by atoms with E-state index in [2.05, 4.69) is 47.5 Å². The van der Waals surface area contributed by atoms with Gasteiger partial charge in [0.1, 0.15) is 23.4 Å². The number of aryl methyl sites for hydroxylation is 1. The van der Waals surface area contributed by atoms with Crippen LogP contribution in [0.1, 0.15) is 29.7 Å². The summed E-state index contributed by atoms with van der Waals surface area (Å²) >= 11 is 0. The van der Waals surface area contributed by atoms with Crippen LogP contribution in [0, 0.1) is 11.3 Å². The maximum atomic E-state index is 9.72. The summed E-state index contributed by atoms with van der Waals surface area (Å²) in [6.45, 7) is 5.97. The van der Waals surface area contributed by atoms with E-state index in [9.17, 15) is 5.26 Å². The van der Waals surface area contributed by atoms with E-state index in [1.165, 1.54) is 5.56 Å². The van der Waals surface area contributed by atoms with Gasteiger partial charge < -0.3 is 9.47 Å². The molecule has 2 aliphatic rings. The van der Waals surface area contributed by atoms with Gasteiger partial charge in [-0.25, -0.2) is 9.97 Å². The zero-order valence-electron chi connectivity index (χ0n) is 16.6. The maximum absolute atomic E-state index is 9.72. The Balaban J connectivity index is 1.35. The van der Waals surface area contributed by atoms with Crippen LogP contribution in [-0.2, 0) is 19.4 Å². The molecule has 7 nitrogen and oxygen atoms in total. The van der Waals surface area contributed by atoms with Crippen LogP contribution < -0.4 is 4.90 Å². The zero-order chi connectivity index (χ0) is 19.6. The summed E-state index contributed by atoms with van der Waals surface area (Å²) in [5.74, 6) is 0.994. The van der Waals surface area contributed by atoms with Crippen LogP contribution in [-0.4, -0.2) is 57.1 Å². The first-order valence-electron chi connectivity index (χ1n) is 10.5. The van der Waals surface area contributed by atoms with Gasteiger partial charge in [0.25, 0.3) is 0 Å². The lowest BCUT2D eigenvalue weighted by atomic mass is 10.1. The first-order chi connectivity index (χ1) is 14.3. The van der Waals surface area contributed by atoms with E-state index < -0.39 is 0 Å².